The first-order chi connectivity index (χ1) is 13.2. The molecule has 1 aliphatic heterocycles. The molecular formula is C20H34IN3O3S. The zero-order valence-corrected chi connectivity index (χ0v) is 20.1. The standard InChI is InChI=1S/C20H33N3O3S.HI/c1-3-21-20(23-11-9-19(15-23)16-26-13-12-25-2)22-10-14-27(24)17-18-7-5-4-6-8-18;/h4-8,19H,3,9-17H2,1-2H3,(H,21,22);1H. The first-order valence-corrected chi connectivity index (χ1v) is 11.2. The van der Waals surface area contributed by atoms with Crippen LogP contribution in [0.3, 0.4) is 0 Å². The minimum atomic E-state index is -0.892. The minimum absolute atomic E-state index is 0. The average Bonchev–Trinajstić information content (AvgIpc) is 3.14. The first-order valence-electron chi connectivity index (χ1n) is 9.71. The van der Waals surface area contributed by atoms with Crippen molar-refractivity contribution in [3.05, 3.63) is 35.9 Å². The summed E-state index contributed by atoms with van der Waals surface area (Å²) in [4.78, 5) is 6.98. The number of aliphatic imine (C=N–C) groups is 1. The summed E-state index contributed by atoms with van der Waals surface area (Å²) < 4.78 is 23.0. The van der Waals surface area contributed by atoms with Crippen LogP contribution >= 0.6 is 24.0 Å². The molecule has 0 saturated carbocycles. The van der Waals surface area contributed by atoms with Gasteiger partial charge in [0, 0.05) is 55.0 Å². The number of hydrogen-bond donors (Lipinski definition) is 1. The molecule has 0 spiro atoms. The Labute approximate surface area is 188 Å². The van der Waals surface area contributed by atoms with Gasteiger partial charge in [-0.1, -0.05) is 30.3 Å². The Balaban J connectivity index is 0.00000392. The normalized spacial score (nSPS) is 18.0. The second-order valence-electron chi connectivity index (χ2n) is 6.68. The number of rotatable bonds is 11. The quantitative estimate of drug-likeness (QED) is 0.209. The third-order valence-corrected chi connectivity index (χ3v) is 5.75. The number of ether oxygens (including phenoxy) is 2. The highest BCUT2D eigenvalue weighted by Gasteiger charge is 2.24. The molecule has 1 aliphatic rings. The monoisotopic (exact) mass is 523 g/mol. The molecule has 1 aromatic carbocycles. The molecule has 160 valence electrons. The van der Waals surface area contributed by atoms with Crippen LogP contribution in [0, 0.1) is 5.92 Å². The fourth-order valence-corrected chi connectivity index (χ4v) is 4.07. The van der Waals surface area contributed by atoms with E-state index in [0.29, 0.717) is 37.2 Å². The van der Waals surface area contributed by atoms with E-state index in [1.54, 1.807) is 7.11 Å². The van der Waals surface area contributed by atoms with E-state index >= 15 is 0 Å². The Morgan fingerprint density at radius 3 is 2.82 bits per heavy atom. The summed E-state index contributed by atoms with van der Waals surface area (Å²) in [7, 11) is 0.796. The molecule has 1 saturated heterocycles. The van der Waals surface area contributed by atoms with E-state index in [2.05, 4.69) is 17.1 Å². The number of methoxy groups -OCH3 is 1. The van der Waals surface area contributed by atoms with Crippen molar-refractivity contribution in [2.45, 2.75) is 19.1 Å². The highest BCUT2D eigenvalue weighted by atomic mass is 127. The molecular weight excluding hydrogens is 489 g/mol. The average molecular weight is 523 g/mol. The van der Waals surface area contributed by atoms with E-state index < -0.39 is 10.8 Å². The summed E-state index contributed by atoms with van der Waals surface area (Å²) in [6.07, 6.45) is 1.11. The number of benzene rings is 1. The molecule has 2 rings (SSSR count). The van der Waals surface area contributed by atoms with E-state index in [1.807, 2.05) is 30.3 Å². The molecule has 2 unspecified atom stereocenters. The molecule has 6 nitrogen and oxygen atoms in total. The van der Waals surface area contributed by atoms with Gasteiger partial charge in [-0.15, -0.1) is 24.0 Å². The summed E-state index contributed by atoms with van der Waals surface area (Å²) in [5.74, 6) is 2.63. The van der Waals surface area contributed by atoms with Gasteiger partial charge < -0.3 is 19.7 Å². The predicted octanol–water partition coefficient (Wildman–Crippen LogP) is 2.50. The van der Waals surface area contributed by atoms with Crippen LogP contribution in [-0.4, -0.2) is 73.9 Å². The third kappa shape index (κ3) is 9.67. The second kappa shape index (κ2) is 15.2. The van der Waals surface area contributed by atoms with Crippen molar-refractivity contribution in [1.29, 1.82) is 0 Å². The first kappa shape index (κ1) is 25.3. The van der Waals surface area contributed by atoms with Crippen molar-refractivity contribution < 1.29 is 13.7 Å². The third-order valence-electron chi connectivity index (χ3n) is 4.46. The van der Waals surface area contributed by atoms with Crippen LogP contribution in [0.5, 0.6) is 0 Å². The predicted molar refractivity (Wildman–Crippen MR) is 127 cm³/mol. The molecule has 0 amide bonds. The lowest BCUT2D eigenvalue weighted by atomic mass is 10.1. The molecule has 8 heteroatoms. The molecule has 2 atom stereocenters. The molecule has 0 radical (unpaired) electrons. The van der Waals surface area contributed by atoms with Crippen LogP contribution in [0.25, 0.3) is 0 Å². The largest absolute Gasteiger partial charge is 0.382 e. The Kier molecular flexibility index (Phi) is 13.7. The molecule has 0 aromatic heterocycles. The lowest BCUT2D eigenvalue weighted by molar-refractivity contribution is 0.0536. The van der Waals surface area contributed by atoms with Crippen molar-refractivity contribution in [2.75, 3.05) is 58.9 Å². The Bertz CT molecular complexity index is 589. The maximum atomic E-state index is 12.3. The zero-order chi connectivity index (χ0) is 19.3. The van der Waals surface area contributed by atoms with Crippen molar-refractivity contribution >= 4 is 40.7 Å². The lowest BCUT2D eigenvalue weighted by Crippen LogP contribution is -2.40. The Hall–Kier alpha value is -0.710. The molecule has 1 heterocycles. The van der Waals surface area contributed by atoms with E-state index in [1.165, 1.54) is 0 Å². The summed E-state index contributed by atoms with van der Waals surface area (Å²) in [6.45, 7) is 7.47. The summed E-state index contributed by atoms with van der Waals surface area (Å²) in [5, 5.41) is 3.36. The van der Waals surface area contributed by atoms with Crippen LogP contribution in [0.15, 0.2) is 35.3 Å². The van der Waals surface area contributed by atoms with Gasteiger partial charge in [0.2, 0.25) is 0 Å². The van der Waals surface area contributed by atoms with Gasteiger partial charge in [0.05, 0.1) is 26.4 Å². The van der Waals surface area contributed by atoms with Gasteiger partial charge in [-0.3, -0.25) is 9.20 Å². The second-order valence-corrected chi connectivity index (χ2v) is 8.25. The van der Waals surface area contributed by atoms with Crippen molar-refractivity contribution in [2.24, 2.45) is 10.9 Å². The van der Waals surface area contributed by atoms with Crippen LogP contribution in [-0.2, 0) is 26.0 Å². The fourth-order valence-electron chi connectivity index (χ4n) is 3.06. The lowest BCUT2D eigenvalue weighted by Gasteiger charge is -2.21. The van der Waals surface area contributed by atoms with Gasteiger partial charge in [0.15, 0.2) is 5.96 Å². The van der Waals surface area contributed by atoms with Crippen molar-refractivity contribution in [1.82, 2.24) is 10.2 Å². The van der Waals surface area contributed by atoms with Crippen molar-refractivity contribution in [3.63, 3.8) is 0 Å². The SMILES string of the molecule is CCNC(=NCCS(=O)Cc1ccccc1)N1CCC(COCCOC)C1.I. The zero-order valence-electron chi connectivity index (χ0n) is 17.0. The van der Waals surface area contributed by atoms with Gasteiger partial charge in [0.25, 0.3) is 0 Å². The van der Waals surface area contributed by atoms with Crippen LogP contribution in [0.4, 0.5) is 0 Å². The van der Waals surface area contributed by atoms with E-state index in [-0.39, 0.29) is 24.0 Å². The maximum absolute atomic E-state index is 12.3. The fraction of sp³-hybridized carbons (Fsp3) is 0.650. The van der Waals surface area contributed by atoms with E-state index in [0.717, 1.165) is 44.2 Å². The molecule has 0 aliphatic carbocycles. The Morgan fingerprint density at radius 2 is 2.11 bits per heavy atom. The van der Waals surface area contributed by atoms with Crippen molar-refractivity contribution in [3.8, 4) is 0 Å². The van der Waals surface area contributed by atoms with Gasteiger partial charge >= 0.3 is 0 Å². The minimum Gasteiger partial charge on any atom is -0.382 e. The maximum Gasteiger partial charge on any atom is 0.193 e. The summed E-state index contributed by atoms with van der Waals surface area (Å²) in [6, 6.07) is 9.98. The Morgan fingerprint density at radius 1 is 1.32 bits per heavy atom. The highest BCUT2D eigenvalue weighted by Crippen LogP contribution is 2.16. The smallest absolute Gasteiger partial charge is 0.193 e. The number of halogens is 1. The van der Waals surface area contributed by atoms with Crippen LogP contribution in [0.1, 0.15) is 18.9 Å². The topological polar surface area (TPSA) is 63.2 Å². The van der Waals surface area contributed by atoms with Gasteiger partial charge in [-0.05, 0) is 18.9 Å². The van der Waals surface area contributed by atoms with Gasteiger partial charge in [0.1, 0.15) is 0 Å². The number of likely N-dealkylation sites (tertiary alicyclic amines) is 1. The molecule has 1 N–H and O–H groups in total. The number of nitrogens with zero attached hydrogens (tertiary/aromatic N) is 2. The van der Waals surface area contributed by atoms with Gasteiger partial charge in [-0.2, -0.15) is 0 Å². The van der Waals surface area contributed by atoms with Crippen LogP contribution < -0.4 is 5.32 Å². The molecule has 1 fully saturated rings. The number of nitrogens with one attached hydrogen (secondary N) is 1. The molecule has 0 bridgehead atoms. The number of guanidine groups is 1. The number of hydrogen-bond acceptors (Lipinski definition) is 4. The van der Waals surface area contributed by atoms with Gasteiger partial charge in [-0.25, -0.2) is 0 Å². The summed E-state index contributed by atoms with van der Waals surface area (Å²) >= 11 is 0. The molecule has 28 heavy (non-hydrogen) atoms. The highest BCUT2D eigenvalue weighted by molar-refractivity contribution is 14.0. The van der Waals surface area contributed by atoms with Crippen LogP contribution in [0.2, 0.25) is 0 Å². The summed E-state index contributed by atoms with van der Waals surface area (Å²) in [5.41, 5.74) is 1.11. The molecule has 1 aromatic rings. The van der Waals surface area contributed by atoms with E-state index in [9.17, 15) is 4.21 Å². The van der Waals surface area contributed by atoms with E-state index in [4.69, 9.17) is 14.5 Å².